The Kier molecular flexibility index (Phi) is 4.49. The molecule has 1 N–H and O–H groups in total. The first-order valence-electron chi connectivity index (χ1n) is 6.61. The molecule has 2 atom stereocenters. The maximum absolute atomic E-state index is 12.0. The van der Waals surface area contributed by atoms with Gasteiger partial charge in [0.1, 0.15) is 11.9 Å². The minimum Gasteiger partial charge on any atom is -0.394 e. The molecule has 6 heteroatoms. The maximum Gasteiger partial charge on any atom is 0.209 e. The van der Waals surface area contributed by atoms with Crippen LogP contribution in [0, 0.1) is 6.92 Å². The molecule has 2 rings (SSSR count). The predicted octanol–water partition coefficient (Wildman–Crippen LogP) is 0.990. The molecule has 1 aliphatic heterocycles. The van der Waals surface area contributed by atoms with Crippen LogP contribution in [0.2, 0.25) is 0 Å². The number of hydrogen-bond acceptors (Lipinski definition) is 5. The van der Waals surface area contributed by atoms with E-state index in [0.29, 0.717) is 5.56 Å². The summed E-state index contributed by atoms with van der Waals surface area (Å²) >= 11 is 0. The number of rotatable bonds is 5. The van der Waals surface area contributed by atoms with Crippen molar-refractivity contribution in [1.82, 2.24) is 0 Å². The molecule has 0 unspecified atom stereocenters. The molecule has 20 heavy (non-hydrogen) atoms. The average molecular weight is 300 g/mol. The van der Waals surface area contributed by atoms with Crippen molar-refractivity contribution in [2.24, 2.45) is 0 Å². The summed E-state index contributed by atoms with van der Waals surface area (Å²) in [6.07, 6.45) is -0.497. The molecular formula is C14H20O5S. The summed E-state index contributed by atoms with van der Waals surface area (Å²) < 4.78 is 35.3. The van der Waals surface area contributed by atoms with E-state index in [1.807, 2.05) is 19.1 Å². The van der Waals surface area contributed by atoms with Gasteiger partial charge in [-0.2, -0.15) is 0 Å². The molecule has 1 aromatic rings. The fraction of sp³-hybridized carbons (Fsp3) is 0.571. The highest BCUT2D eigenvalue weighted by atomic mass is 32.2. The minimum atomic E-state index is -3.28. The molecule has 5 nitrogen and oxygen atoms in total. The van der Waals surface area contributed by atoms with Gasteiger partial charge in [0.25, 0.3) is 0 Å². The summed E-state index contributed by atoms with van der Waals surface area (Å²) in [6.45, 7) is 3.53. The van der Waals surface area contributed by atoms with Crippen molar-refractivity contribution in [3.63, 3.8) is 0 Å². The van der Waals surface area contributed by atoms with E-state index in [4.69, 9.17) is 9.47 Å². The Balaban J connectivity index is 2.37. The van der Waals surface area contributed by atoms with Crippen molar-refractivity contribution in [2.45, 2.75) is 25.7 Å². The number of sulfone groups is 1. The first-order valence-corrected chi connectivity index (χ1v) is 8.43. The van der Waals surface area contributed by atoms with E-state index in [9.17, 15) is 13.5 Å². The Morgan fingerprint density at radius 1 is 1.35 bits per heavy atom. The molecule has 1 fully saturated rings. The second kappa shape index (κ2) is 5.81. The van der Waals surface area contributed by atoms with Crippen molar-refractivity contribution >= 4 is 9.84 Å². The third-order valence-corrected chi connectivity index (χ3v) is 5.10. The summed E-state index contributed by atoms with van der Waals surface area (Å²) in [4.78, 5) is 0. The van der Waals surface area contributed by atoms with Crippen molar-refractivity contribution < 1.29 is 23.0 Å². The van der Waals surface area contributed by atoms with E-state index in [-0.39, 0.29) is 24.7 Å². The Labute approximate surface area is 119 Å². The zero-order valence-corrected chi connectivity index (χ0v) is 12.5. The summed E-state index contributed by atoms with van der Waals surface area (Å²) in [5.74, 6) is -1.52. The Morgan fingerprint density at radius 3 is 2.50 bits per heavy atom. The minimum absolute atomic E-state index is 0.0249. The molecule has 0 bridgehead atoms. The maximum atomic E-state index is 12.0. The Hall–Kier alpha value is -0.950. The van der Waals surface area contributed by atoms with Crippen LogP contribution < -0.4 is 0 Å². The van der Waals surface area contributed by atoms with E-state index >= 15 is 0 Å². The molecule has 0 saturated carbocycles. The molecule has 1 aromatic carbocycles. The third kappa shape index (κ3) is 3.20. The fourth-order valence-electron chi connectivity index (χ4n) is 2.16. The highest BCUT2D eigenvalue weighted by Gasteiger charge is 2.46. The molecule has 0 aromatic heterocycles. The molecule has 0 spiro atoms. The van der Waals surface area contributed by atoms with E-state index < -0.39 is 21.7 Å². The molecule has 112 valence electrons. The lowest BCUT2D eigenvalue weighted by Crippen LogP contribution is -2.37. The van der Waals surface area contributed by atoms with Gasteiger partial charge in [-0.05, 0) is 6.92 Å². The largest absolute Gasteiger partial charge is 0.394 e. The first-order chi connectivity index (χ1) is 9.41. The SMILES string of the molecule is CCS(=O)(=O)C[C@]1(c2ccc(C)cc2)OC[C@@H](CO)O1. The number of aliphatic hydroxyl groups excluding tert-OH is 1. The Bertz CT molecular complexity index is 551. The van der Waals surface area contributed by atoms with Gasteiger partial charge in [0.15, 0.2) is 9.84 Å². The topological polar surface area (TPSA) is 72.8 Å². The van der Waals surface area contributed by atoms with Crippen LogP contribution in [-0.4, -0.2) is 44.3 Å². The molecule has 1 saturated heterocycles. The van der Waals surface area contributed by atoms with Crippen LogP contribution in [-0.2, 0) is 25.1 Å². The van der Waals surface area contributed by atoms with E-state index in [1.54, 1.807) is 19.1 Å². The fourth-order valence-corrected chi connectivity index (χ4v) is 3.27. The highest BCUT2D eigenvalue weighted by Crippen LogP contribution is 2.36. The zero-order valence-electron chi connectivity index (χ0n) is 11.7. The average Bonchev–Trinajstić information content (AvgIpc) is 2.83. The number of hydrogen-bond donors (Lipinski definition) is 1. The summed E-state index contributed by atoms with van der Waals surface area (Å²) in [7, 11) is -3.28. The van der Waals surface area contributed by atoms with Crippen molar-refractivity contribution in [3.05, 3.63) is 35.4 Å². The smallest absolute Gasteiger partial charge is 0.209 e. The summed E-state index contributed by atoms with van der Waals surface area (Å²) in [5, 5.41) is 9.19. The van der Waals surface area contributed by atoms with Crippen LogP contribution in [0.3, 0.4) is 0 Å². The van der Waals surface area contributed by atoms with Gasteiger partial charge in [-0.3, -0.25) is 0 Å². The van der Waals surface area contributed by atoms with Gasteiger partial charge in [0.2, 0.25) is 5.79 Å². The lowest BCUT2D eigenvalue weighted by Gasteiger charge is -2.28. The van der Waals surface area contributed by atoms with Crippen molar-refractivity contribution in [3.8, 4) is 0 Å². The van der Waals surface area contributed by atoms with Gasteiger partial charge < -0.3 is 14.6 Å². The lowest BCUT2D eigenvalue weighted by atomic mass is 10.1. The van der Waals surface area contributed by atoms with Crippen molar-refractivity contribution in [1.29, 1.82) is 0 Å². The lowest BCUT2D eigenvalue weighted by molar-refractivity contribution is -0.162. The van der Waals surface area contributed by atoms with E-state index in [0.717, 1.165) is 5.56 Å². The highest BCUT2D eigenvalue weighted by molar-refractivity contribution is 7.91. The predicted molar refractivity (Wildman–Crippen MR) is 75.1 cm³/mol. The van der Waals surface area contributed by atoms with Crippen LogP contribution in [0.25, 0.3) is 0 Å². The van der Waals surface area contributed by atoms with Gasteiger partial charge in [-0.1, -0.05) is 36.8 Å². The van der Waals surface area contributed by atoms with Crippen LogP contribution in [0.15, 0.2) is 24.3 Å². The van der Waals surface area contributed by atoms with Crippen LogP contribution in [0.5, 0.6) is 0 Å². The van der Waals surface area contributed by atoms with Crippen LogP contribution in [0.4, 0.5) is 0 Å². The number of aliphatic hydroxyl groups is 1. The summed E-state index contributed by atoms with van der Waals surface area (Å²) in [6, 6.07) is 7.38. The molecule has 1 aliphatic rings. The van der Waals surface area contributed by atoms with Gasteiger partial charge in [-0.15, -0.1) is 0 Å². The van der Waals surface area contributed by atoms with Gasteiger partial charge in [0, 0.05) is 11.3 Å². The third-order valence-electron chi connectivity index (χ3n) is 3.40. The molecular weight excluding hydrogens is 280 g/mol. The first kappa shape index (κ1) is 15.4. The second-order valence-electron chi connectivity index (χ2n) is 5.03. The number of aryl methyl sites for hydroxylation is 1. The van der Waals surface area contributed by atoms with E-state index in [2.05, 4.69) is 0 Å². The van der Waals surface area contributed by atoms with Crippen LogP contribution in [0.1, 0.15) is 18.1 Å². The van der Waals surface area contributed by atoms with Crippen molar-refractivity contribution in [2.75, 3.05) is 24.7 Å². The normalized spacial score (nSPS) is 26.9. The molecule has 0 radical (unpaired) electrons. The van der Waals surface area contributed by atoms with Crippen LogP contribution >= 0.6 is 0 Å². The molecule has 0 amide bonds. The second-order valence-corrected chi connectivity index (χ2v) is 7.38. The van der Waals surface area contributed by atoms with Gasteiger partial charge in [-0.25, -0.2) is 8.42 Å². The molecule has 0 aliphatic carbocycles. The number of ether oxygens (including phenoxy) is 2. The molecule has 1 heterocycles. The van der Waals surface area contributed by atoms with Gasteiger partial charge >= 0.3 is 0 Å². The quantitative estimate of drug-likeness (QED) is 0.878. The van der Waals surface area contributed by atoms with Gasteiger partial charge in [0.05, 0.1) is 13.2 Å². The number of benzene rings is 1. The van der Waals surface area contributed by atoms with E-state index in [1.165, 1.54) is 0 Å². The Morgan fingerprint density at radius 2 is 2.00 bits per heavy atom. The summed E-state index contributed by atoms with van der Waals surface area (Å²) in [5.41, 5.74) is 1.73. The monoisotopic (exact) mass is 300 g/mol. The standard InChI is InChI=1S/C14H20O5S/c1-3-20(16,17)10-14(18-9-13(8-15)19-14)12-6-4-11(2)5-7-12/h4-7,13,15H,3,8-10H2,1-2H3/t13-,14+/m1/s1. The zero-order chi connectivity index (χ0) is 14.8.